The minimum Gasteiger partial charge on any atom is -0.397 e. The highest BCUT2D eigenvalue weighted by molar-refractivity contribution is 6.30. The quantitative estimate of drug-likeness (QED) is 0.474. The number of carbonyl (C=O) groups excluding carboxylic acids is 2. The fraction of sp³-hybridized carbons (Fsp3) is 0.286. The van der Waals surface area contributed by atoms with E-state index in [9.17, 15) is 9.59 Å². The molecular weight excluding hydrogens is 474 g/mol. The summed E-state index contributed by atoms with van der Waals surface area (Å²) in [6.45, 7) is 3.45. The van der Waals surface area contributed by atoms with Crippen molar-refractivity contribution in [2.75, 3.05) is 56.2 Å². The fourth-order valence-corrected chi connectivity index (χ4v) is 4.51. The van der Waals surface area contributed by atoms with Crippen molar-refractivity contribution in [3.05, 3.63) is 88.9 Å². The lowest BCUT2D eigenvalue weighted by Gasteiger charge is -2.37. The molecule has 4 rings (SSSR count). The summed E-state index contributed by atoms with van der Waals surface area (Å²) in [5.74, 6) is -0.197. The minimum atomic E-state index is -0.331. The lowest BCUT2D eigenvalue weighted by atomic mass is 10.0. The zero-order chi connectivity index (χ0) is 25.7. The number of halogens is 1. The summed E-state index contributed by atoms with van der Waals surface area (Å²) >= 11 is 5.99. The maximum atomic E-state index is 13.4. The molecular formula is C28H32ClN5O2. The summed E-state index contributed by atoms with van der Waals surface area (Å²) < 4.78 is 0. The Morgan fingerprint density at radius 2 is 1.61 bits per heavy atom. The number of amides is 2. The molecule has 8 heteroatoms. The van der Waals surface area contributed by atoms with Crippen LogP contribution in [0.15, 0.2) is 72.8 Å². The first kappa shape index (κ1) is 25.7. The third kappa shape index (κ3) is 6.23. The van der Waals surface area contributed by atoms with Gasteiger partial charge in [0.25, 0.3) is 5.91 Å². The minimum absolute atomic E-state index is 0.0543. The number of nitrogens with two attached hydrogens (primary N) is 1. The number of hydrogen-bond acceptors (Lipinski definition) is 5. The van der Waals surface area contributed by atoms with Crippen LogP contribution in [-0.2, 0) is 11.2 Å². The highest BCUT2D eigenvalue weighted by Gasteiger charge is 2.29. The second kappa shape index (κ2) is 11.6. The number of piperazine rings is 1. The summed E-state index contributed by atoms with van der Waals surface area (Å²) in [7, 11) is 3.81. The highest BCUT2D eigenvalue weighted by atomic mass is 35.5. The molecule has 188 valence electrons. The van der Waals surface area contributed by atoms with E-state index in [0.717, 1.165) is 31.7 Å². The molecule has 1 unspecified atom stereocenters. The average molecular weight is 506 g/mol. The van der Waals surface area contributed by atoms with Gasteiger partial charge in [0, 0.05) is 49.5 Å². The van der Waals surface area contributed by atoms with E-state index in [-0.39, 0.29) is 17.9 Å². The van der Waals surface area contributed by atoms with Crippen LogP contribution in [0.25, 0.3) is 0 Å². The van der Waals surface area contributed by atoms with Crippen molar-refractivity contribution in [1.29, 1.82) is 0 Å². The van der Waals surface area contributed by atoms with Crippen LogP contribution in [0.4, 0.5) is 17.1 Å². The molecule has 0 bridgehead atoms. The Labute approximate surface area is 217 Å². The molecule has 3 N–H and O–H groups in total. The number of rotatable bonds is 7. The van der Waals surface area contributed by atoms with E-state index in [0.29, 0.717) is 34.1 Å². The maximum absolute atomic E-state index is 13.4. The number of carbonyl (C=O) groups is 2. The van der Waals surface area contributed by atoms with Gasteiger partial charge in [-0.2, -0.15) is 0 Å². The Morgan fingerprint density at radius 1 is 0.972 bits per heavy atom. The lowest BCUT2D eigenvalue weighted by molar-refractivity contribution is -0.122. The molecule has 1 aliphatic heterocycles. The Morgan fingerprint density at radius 3 is 2.25 bits per heavy atom. The van der Waals surface area contributed by atoms with E-state index in [1.807, 2.05) is 42.5 Å². The third-order valence-corrected chi connectivity index (χ3v) is 6.88. The number of anilines is 3. The Hall–Kier alpha value is -3.39. The van der Waals surface area contributed by atoms with Gasteiger partial charge in [-0.3, -0.25) is 14.5 Å². The molecule has 36 heavy (non-hydrogen) atoms. The fourth-order valence-electron chi connectivity index (χ4n) is 4.38. The Bertz CT molecular complexity index is 1190. The van der Waals surface area contributed by atoms with Crippen molar-refractivity contribution < 1.29 is 9.59 Å². The SMILES string of the molecule is CN1CCN(C(Cc2ccc(C(=O)N(C)c3ccccc3N)cc2)C(=O)Nc2ccc(Cl)cc2)CC1. The summed E-state index contributed by atoms with van der Waals surface area (Å²) in [5.41, 5.74) is 9.52. The van der Waals surface area contributed by atoms with Crippen LogP contribution < -0.4 is 16.0 Å². The zero-order valence-electron chi connectivity index (χ0n) is 20.7. The topological polar surface area (TPSA) is 81.9 Å². The van der Waals surface area contributed by atoms with Gasteiger partial charge in [0.05, 0.1) is 17.4 Å². The van der Waals surface area contributed by atoms with Gasteiger partial charge >= 0.3 is 0 Å². The second-order valence-corrected chi connectivity index (χ2v) is 9.61. The average Bonchev–Trinajstić information content (AvgIpc) is 2.89. The van der Waals surface area contributed by atoms with Gasteiger partial charge in [0.1, 0.15) is 0 Å². The normalized spacial score (nSPS) is 15.3. The summed E-state index contributed by atoms with van der Waals surface area (Å²) in [5, 5.41) is 3.66. The van der Waals surface area contributed by atoms with Crippen molar-refractivity contribution in [1.82, 2.24) is 9.80 Å². The molecule has 7 nitrogen and oxygen atoms in total. The first-order valence-electron chi connectivity index (χ1n) is 12.0. The highest BCUT2D eigenvalue weighted by Crippen LogP contribution is 2.23. The standard InChI is InChI=1S/C28H32ClN5O2/c1-32-15-17-34(18-16-32)26(27(35)31-23-13-11-22(29)12-14-23)19-20-7-9-21(10-8-20)28(36)33(2)25-6-4-3-5-24(25)30/h3-14,26H,15-19,30H2,1-2H3,(H,31,35). The molecule has 1 heterocycles. The maximum Gasteiger partial charge on any atom is 0.258 e. The molecule has 3 aromatic carbocycles. The van der Waals surface area contributed by atoms with E-state index in [1.54, 1.807) is 42.3 Å². The van der Waals surface area contributed by atoms with Gasteiger partial charge in [0.15, 0.2) is 0 Å². The molecule has 0 spiro atoms. The van der Waals surface area contributed by atoms with Crippen LogP contribution >= 0.6 is 11.6 Å². The zero-order valence-corrected chi connectivity index (χ0v) is 21.4. The monoisotopic (exact) mass is 505 g/mol. The van der Waals surface area contributed by atoms with Crippen molar-refractivity contribution in [3.63, 3.8) is 0 Å². The van der Waals surface area contributed by atoms with Gasteiger partial charge in [-0.15, -0.1) is 0 Å². The van der Waals surface area contributed by atoms with E-state index in [4.69, 9.17) is 17.3 Å². The summed E-state index contributed by atoms with van der Waals surface area (Å²) in [6, 6.07) is 21.6. The molecule has 0 aromatic heterocycles. The Balaban J connectivity index is 1.49. The van der Waals surface area contributed by atoms with Crippen LogP contribution in [0.1, 0.15) is 15.9 Å². The smallest absolute Gasteiger partial charge is 0.258 e. The molecule has 1 fully saturated rings. The van der Waals surface area contributed by atoms with Gasteiger partial charge in [-0.25, -0.2) is 0 Å². The number of benzene rings is 3. The number of nitrogens with one attached hydrogen (secondary N) is 1. The van der Waals surface area contributed by atoms with E-state index >= 15 is 0 Å². The van der Waals surface area contributed by atoms with Crippen molar-refractivity contribution >= 4 is 40.5 Å². The number of likely N-dealkylation sites (N-methyl/N-ethyl adjacent to an activating group) is 1. The number of para-hydroxylation sites is 2. The van der Waals surface area contributed by atoms with Gasteiger partial charge in [-0.1, -0.05) is 35.9 Å². The molecule has 0 radical (unpaired) electrons. The molecule has 1 saturated heterocycles. The van der Waals surface area contributed by atoms with Crippen LogP contribution in [0.2, 0.25) is 5.02 Å². The Kier molecular flexibility index (Phi) is 8.25. The molecule has 1 atom stereocenters. The third-order valence-electron chi connectivity index (χ3n) is 6.63. The van der Waals surface area contributed by atoms with E-state index in [2.05, 4.69) is 22.2 Å². The molecule has 1 aliphatic rings. The summed E-state index contributed by atoms with van der Waals surface area (Å²) in [4.78, 5) is 32.4. The van der Waals surface area contributed by atoms with Crippen LogP contribution in [0.3, 0.4) is 0 Å². The first-order valence-corrected chi connectivity index (χ1v) is 12.4. The number of nitrogens with zero attached hydrogens (tertiary/aromatic N) is 3. The van der Waals surface area contributed by atoms with Crippen molar-refractivity contribution in [3.8, 4) is 0 Å². The number of nitrogen functional groups attached to an aromatic ring is 1. The van der Waals surface area contributed by atoms with Gasteiger partial charge < -0.3 is 20.9 Å². The first-order chi connectivity index (χ1) is 17.3. The van der Waals surface area contributed by atoms with Crippen LogP contribution in [0.5, 0.6) is 0 Å². The van der Waals surface area contributed by atoms with Crippen molar-refractivity contribution in [2.45, 2.75) is 12.5 Å². The summed E-state index contributed by atoms with van der Waals surface area (Å²) in [6.07, 6.45) is 0.541. The van der Waals surface area contributed by atoms with E-state index in [1.165, 1.54) is 0 Å². The van der Waals surface area contributed by atoms with Crippen LogP contribution in [0, 0.1) is 0 Å². The lowest BCUT2D eigenvalue weighted by Crippen LogP contribution is -2.53. The predicted octanol–water partition coefficient (Wildman–Crippen LogP) is 4.00. The van der Waals surface area contributed by atoms with Crippen molar-refractivity contribution in [2.24, 2.45) is 0 Å². The molecule has 0 aliphatic carbocycles. The van der Waals surface area contributed by atoms with Crippen LogP contribution in [-0.4, -0.2) is 67.9 Å². The largest absolute Gasteiger partial charge is 0.397 e. The van der Waals surface area contributed by atoms with Gasteiger partial charge in [0.2, 0.25) is 5.91 Å². The predicted molar refractivity (Wildman–Crippen MR) is 147 cm³/mol. The molecule has 0 saturated carbocycles. The van der Waals surface area contributed by atoms with Gasteiger partial charge in [-0.05, 0) is 67.6 Å². The second-order valence-electron chi connectivity index (χ2n) is 9.18. The van der Waals surface area contributed by atoms with E-state index < -0.39 is 0 Å². The number of hydrogen-bond donors (Lipinski definition) is 2. The molecule has 2 amide bonds. The molecule has 3 aromatic rings.